The van der Waals surface area contributed by atoms with Crippen LogP contribution < -0.4 is 5.32 Å². The Morgan fingerprint density at radius 1 is 1.55 bits per heavy atom. The number of aromatic carboxylic acids is 1. The first-order chi connectivity index (χ1) is 9.38. The summed E-state index contributed by atoms with van der Waals surface area (Å²) < 4.78 is 17.4. The second-order valence-electron chi connectivity index (χ2n) is 3.68. The van der Waals surface area contributed by atoms with Crippen molar-refractivity contribution in [3.8, 4) is 0 Å². The predicted octanol–water partition coefficient (Wildman–Crippen LogP) is 2.34. The number of carboxylic acid groups (broad SMARTS) is 1. The lowest BCUT2D eigenvalue weighted by molar-refractivity contribution is -0.384. The van der Waals surface area contributed by atoms with Crippen molar-refractivity contribution in [1.82, 2.24) is 9.36 Å². The number of hydrogen-bond acceptors (Lipinski definition) is 7. The first kappa shape index (κ1) is 13.8. The van der Waals surface area contributed by atoms with Gasteiger partial charge in [-0.15, -0.1) is 0 Å². The summed E-state index contributed by atoms with van der Waals surface area (Å²) >= 11 is 0.948. The van der Waals surface area contributed by atoms with E-state index < -0.39 is 28.0 Å². The number of nitrogens with one attached hydrogen (secondary N) is 1. The first-order valence-electron chi connectivity index (χ1n) is 5.17. The molecule has 0 radical (unpaired) electrons. The molecule has 0 bridgehead atoms. The number of rotatable bonds is 4. The second kappa shape index (κ2) is 5.17. The van der Waals surface area contributed by atoms with Gasteiger partial charge in [-0.05, 0) is 6.92 Å². The lowest BCUT2D eigenvalue weighted by Crippen LogP contribution is -2.05. The number of halogens is 1. The summed E-state index contributed by atoms with van der Waals surface area (Å²) in [5.74, 6) is -2.20. The number of aryl methyl sites for hydroxylation is 1. The van der Waals surface area contributed by atoms with E-state index in [9.17, 15) is 19.3 Å². The first-order valence-corrected chi connectivity index (χ1v) is 5.94. The summed E-state index contributed by atoms with van der Waals surface area (Å²) in [7, 11) is 0. The molecular formula is C10H7FN4O4S. The van der Waals surface area contributed by atoms with Crippen molar-refractivity contribution in [2.24, 2.45) is 0 Å². The van der Waals surface area contributed by atoms with E-state index >= 15 is 0 Å². The highest BCUT2D eigenvalue weighted by atomic mass is 32.1. The van der Waals surface area contributed by atoms with Gasteiger partial charge in [0, 0.05) is 23.7 Å². The van der Waals surface area contributed by atoms with Crippen LogP contribution in [0.25, 0.3) is 0 Å². The van der Waals surface area contributed by atoms with Crippen LogP contribution >= 0.6 is 11.5 Å². The third kappa shape index (κ3) is 2.69. The molecule has 0 amide bonds. The van der Waals surface area contributed by atoms with Crippen LogP contribution in [0.15, 0.2) is 12.1 Å². The molecule has 2 aromatic rings. The van der Waals surface area contributed by atoms with Crippen molar-refractivity contribution < 1.29 is 19.2 Å². The normalized spacial score (nSPS) is 10.3. The third-order valence-electron chi connectivity index (χ3n) is 2.28. The van der Waals surface area contributed by atoms with Crippen LogP contribution in [0.3, 0.4) is 0 Å². The minimum Gasteiger partial charge on any atom is -0.478 e. The van der Waals surface area contributed by atoms with Crippen molar-refractivity contribution in [2.45, 2.75) is 6.92 Å². The van der Waals surface area contributed by atoms with E-state index in [2.05, 4.69) is 14.7 Å². The Kier molecular flexibility index (Phi) is 3.57. The Morgan fingerprint density at radius 2 is 2.25 bits per heavy atom. The molecule has 0 unspecified atom stereocenters. The number of aromatic nitrogens is 2. The molecule has 2 rings (SSSR count). The van der Waals surface area contributed by atoms with Gasteiger partial charge in [0.05, 0.1) is 4.92 Å². The molecule has 1 aromatic heterocycles. The standard InChI is InChI=1S/C10H7FN4O4S/c1-4-12-10(20-14-4)13-7-3-6(11)5(9(16)17)2-8(7)15(18)19/h2-3H,1H3,(H,16,17)(H,12,13,14). The number of nitrogens with zero attached hydrogens (tertiary/aromatic N) is 3. The van der Waals surface area contributed by atoms with E-state index in [1.807, 2.05) is 0 Å². The quantitative estimate of drug-likeness (QED) is 0.656. The summed E-state index contributed by atoms with van der Waals surface area (Å²) in [5.41, 5.74) is -1.51. The summed E-state index contributed by atoms with van der Waals surface area (Å²) in [6.07, 6.45) is 0. The Bertz CT molecular complexity index is 703. The molecule has 0 spiro atoms. The zero-order chi connectivity index (χ0) is 14.9. The van der Waals surface area contributed by atoms with Gasteiger partial charge in [-0.25, -0.2) is 14.2 Å². The highest BCUT2D eigenvalue weighted by Gasteiger charge is 2.22. The van der Waals surface area contributed by atoms with Crippen molar-refractivity contribution >= 4 is 34.0 Å². The number of nitro benzene ring substituents is 1. The minimum atomic E-state index is -1.58. The zero-order valence-electron chi connectivity index (χ0n) is 9.95. The Morgan fingerprint density at radius 3 is 2.75 bits per heavy atom. The van der Waals surface area contributed by atoms with E-state index in [-0.39, 0.29) is 10.8 Å². The zero-order valence-corrected chi connectivity index (χ0v) is 10.8. The maximum Gasteiger partial charge on any atom is 0.338 e. The molecule has 1 aromatic carbocycles. The molecule has 8 nitrogen and oxygen atoms in total. The second-order valence-corrected chi connectivity index (χ2v) is 4.44. The van der Waals surface area contributed by atoms with Crippen LogP contribution in [0.2, 0.25) is 0 Å². The average Bonchev–Trinajstić information content (AvgIpc) is 2.74. The van der Waals surface area contributed by atoms with E-state index in [0.29, 0.717) is 11.9 Å². The predicted molar refractivity (Wildman–Crippen MR) is 67.9 cm³/mol. The van der Waals surface area contributed by atoms with Gasteiger partial charge in [0.25, 0.3) is 5.69 Å². The maximum atomic E-state index is 13.6. The van der Waals surface area contributed by atoms with Crippen molar-refractivity contribution in [3.05, 3.63) is 39.5 Å². The molecule has 0 fully saturated rings. The molecule has 1 heterocycles. The number of nitro groups is 1. The van der Waals surface area contributed by atoms with E-state index in [1.165, 1.54) is 0 Å². The fourth-order valence-corrected chi connectivity index (χ4v) is 2.03. The molecule has 20 heavy (non-hydrogen) atoms. The molecule has 0 aliphatic carbocycles. The largest absolute Gasteiger partial charge is 0.478 e. The topological polar surface area (TPSA) is 118 Å². The van der Waals surface area contributed by atoms with Crippen LogP contribution in [-0.4, -0.2) is 25.4 Å². The summed E-state index contributed by atoms with van der Waals surface area (Å²) in [5, 5.41) is 22.5. The van der Waals surface area contributed by atoms with Gasteiger partial charge in [0.15, 0.2) is 0 Å². The molecule has 10 heteroatoms. The van der Waals surface area contributed by atoms with Crippen LogP contribution in [0, 0.1) is 22.9 Å². The maximum absolute atomic E-state index is 13.6. The van der Waals surface area contributed by atoms with E-state index in [1.54, 1.807) is 6.92 Å². The smallest absolute Gasteiger partial charge is 0.338 e. The molecule has 0 atom stereocenters. The van der Waals surface area contributed by atoms with Crippen molar-refractivity contribution in [2.75, 3.05) is 5.32 Å². The minimum absolute atomic E-state index is 0.186. The van der Waals surface area contributed by atoms with Crippen molar-refractivity contribution in [3.63, 3.8) is 0 Å². The highest BCUT2D eigenvalue weighted by molar-refractivity contribution is 7.09. The number of benzene rings is 1. The molecule has 104 valence electrons. The van der Waals surface area contributed by atoms with Crippen molar-refractivity contribution in [1.29, 1.82) is 0 Å². The molecule has 0 saturated heterocycles. The fraction of sp³-hybridized carbons (Fsp3) is 0.100. The highest BCUT2D eigenvalue weighted by Crippen LogP contribution is 2.31. The molecule has 0 saturated carbocycles. The van der Waals surface area contributed by atoms with Gasteiger partial charge >= 0.3 is 5.97 Å². The monoisotopic (exact) mass is 298 g/mol. The van der Waals surface area contributed by atoms with Crippen LogP contribution in [0.5, 0.6) is 0 Å². The summed E-state index contributed by atoms with van der Waals surface area (Å²) in [6.45, 7) is 1.63. The number of carboxylic acids is 1. The number of carbonyl (C=O) groups is 1. The fourth-order valence-electron chi connectivity index (χ4n) is 1.44. The van der Waals surface area contributed by atoms with Crippen LogP contribution in [0.4, 0.5) is 20.9 Å². The van der Waals surface area contributed by atoms with Gasteiger partial charge in [0.1, 0.15) is 22.9 Å². The van der Waals surface area contributed by atoms with Gasteiger partial charge in [-0.2, -0.15) is 4.37 Å². The summed E-state index contributed by atoms with van der Waals surface area (Å²) in [4.78, 5) is 24.8. The molecule has 0 aliphatic heterocycles. The van der Waals surface area contributed by atoms with Gasteiger partial charge in [0.2, 0.25) is 5.13 Å². The Balaban J connectivity index is 2.48. The van der Waals surface area contributed by atoms with E-state index in [0.717, 1.165) is 17.6 Å². The van der Waals surface area contributed by atoms with Crippen LogP contribution in [-0.2, 0) is 0 Å². The number of anilines is 2. The lowest BCUT2D eigenvalue weighted by Gasteiger charge is -2.05. The average molecular weight is 298 g/mol. The SMILES string of the molecule is Cc1nsc(Nc2cc(F)c(C(=O)O)cc2[N+](=O)[O-])n1. The Labute approximate surface area is 115 Å². The molecule has 0 aliphatic rings. The Hall–Kier alpha value is -2.62. The third-order valence-corrected chi connectivity index (χ3v) is 3.00. The van der Waals surface area contributed by atoms with Gasteiger partial charge < -0.3 is 10.4 Å². The lowest BCUT2D eigenvalue weighted by atomic mass is 10.1. The van der Waals surface area contributed by atoms with E-state index in [4.69, 9.17) is 5.11 Å². The van der Waals surface area contributed by atoms with Gasteiger partial charge in [-0.3, -0.25) is 10.1 Å². The summed E-state index contributed by atoms with van der Waals surface area (Å²) in [6, 6.07) is 1.41. The molecule has 2 N–H and O–H groups in total. The van der Waals surface area contributed by atoms with Gasteiger partial charge in [-0.1, -0.05) is 0 Å². The molecular weight excluding hydrogens is 291 g/mol. The number of hydrogen-bond donors (Lipinski definition) is 2. The van der Waals surface area contributed by atoms with Crippen LogP contribution in [0.1, 0.15) is 16.2 Å².